The lowest BCUT2D eigenvalue weighted by molar-refractivity contribution is 0.171. The van der Waals surface area contributed by atoms with Crippen LogP contribution < -0.4 is 15.0 Å². The summed E-state index contributed by atoms with van der Waals surface area (Å²) in [6.45, 7) is 3.55. The molecule has 0 unspecified atom stereocenters. The van der Waals surface area contributed by atoms with Crippen LogP contribution in [0.4, 0.5) is 0 Å². The molecule has 4 aromatic rings. The number of fused-ring (bicyclic) bond motifs is 4. The summed E-state index contributed by atoms with van der Waals surface area (Å²) < 4.78 is 14.5. The lowest BCUT2D eigenvalue weighted by Crippen LogP contribution is -2.21. The van der Waals surface area contributed by atoms with Crippen molar-refractivity contribution in [3.8, 4) is 11.5 Å². The molecule has 1 aliphatic heterocycles. The fourth-order valence-electron chi connectivity index (χ4n) is 3.24. The van der Waals surface area contributed by atoms with E-state index < -0.39 is 0 Å². The fourth-order valence-corrected chi connectivity index (χ4v) is 3.78. The Morgan fingerprint density at radius 3 is 2.89 bits per heavy atom. The molecule has 0 saturated carbocycles. The van der Waals surface area contributed by atoms with Crippen LogP contribution in [0.2, 0.25) is 0 Å². The van der Waals surface area contributed by atoms with Gasteiger partial charge >= 0.3 is 0 Å². The molecular weight excluding hydrogens is 378 g/mol. The van der Waals surface area contributed by atoms with Crippen LogP contribution in [0, 0.1) is 0 Å². The molecule has 142 valence electrons. The number of hydrogen-bond acceptors (Lipinski definition) is 7. The van der Waals surface area contributed by atoms with Gasteiger partial charge in [0.2, 0.25) is 5.16 Å². The molecule has 0 saturated heterocycles. The van der Waals surface area contributed by atoms with E-state index >= 15 is 0 Å². The Morgan fingerprint density at radius 2 is 2.04 bits per heavy atom. The summed E-state index contributed by atoms with van der Waals surface area (Å²) in [4.78, 5) is 21.7. The second kappa shape index (κ2) is 6.83. The van der Waals surface area contributed by atoms with Crippen LogP contribution in [0.25, 0.3) is 16.7 Å². The predicted octanol–water partition coefficient (Wildman–Crippen LogP) is 2.37. The molecule has 0 fully saturated rings. The van der Waals surface area contributed by atoms with Gasteiger partial charge in [-0.2, -0.15) is 9.50 Å². The Kier molecular flexibility index (Phi) is 4.16. The van der Waals surface area contributed by atoms with E-state index in [1.165, 1.54) is 0 Å². The number of pyridine rings is 1. The molecule has 9 heteroatoms. The molecule has 4 heterocycles. The van der Waals surface area contributed by atoms with E-state index in [4.69, 9.17) is 9.47 Å². The molecule has 28 heavy (non-hydrogen) atoms. The van der Waals surface area contributed by atoms with E-state index in [-0.39, 0.29) is 5.56 Å². The summed E-state index contributed by atoms with van der Waals surface area (Å²) in [7, 11) is 0. The van der Waals surface area contributed by atoms with Crippen LogP contribution >= 0.6 is 11.8 Å². The van der Waals surface area contributed by atoms with Gasteiger partial charge < -0.3 is 14.0 Å². The maximum atomic E-state index is 13.0. The molecule has 0 radical (unpaired) electrons. The van der Waals surface area contributed by atoms with E-state index in [2.05, 4.69) is 15.1 Å². The second-order valence-corrected chi connectivity index (χ2v) is 7.55. The Balaban J connectivity index is 1.54. The van der Waals surface area contributed by atoms with E-state index in [1.807, 2.05) is 31.2 Å². The van der Waals surface area contributed by atoms with Crippen molar-refractivity contribution >= 4 is 28.4 Å². The third-order valence-electron chi connectivity index (χ3n) is 4.52. The van der Waals surface area contributed by atoms with Crippen LogP contribution in [0.1, 0.15) is 12.5 Å². The monoisotopic (exact) mass is 395 g/mol. The number of aromatic nitrogens is 5. The van der Waals surface area contributed by atoms with Crippen molar-refractivity contribution < 1.29 is 9.47 Å². The Hall–Kier alpha value is -3.07. The zero-order chi connectivity index (χ0) is 19.1. The summed E-state index contributed by atoms with van der Waals surface area (Å²) in [6, 6.07) is 7.61. The largest absolute Gasteiger partial charge is 0.486 e. The molecule has 1 aromatic carbocycles. The van der Waals surface area contributed by atoms with Gasteiger partial charge in [-0.3, -0.25) is 4.79 Å². The molecule has 8 nitrogen and oxygen atoms in total. The topological polar surface area (TPSA) is 83.5 Å². The number of hydrogen-bond donors (Lipinski definition) is 0. The van der Waals surface area contributed by atoms with Gasteiger partial charge in [-0.25, -0.2) is 4.98 Å². The minimum Gasteiger partial charge on any atom is -0.486 e. The molecule has 0 N–H and O–H groups in total. The number of rotatable bonds is 4. The minimum atomic E-state index is -0.123. The average molecular weight is 395 g/mol. The number of ether oxygens (including phenoxy) is 2. The molecular formula is C19H17N5O3S. The Morgan fingerprint density at radius 1 is 1.18 bits per heavy atom. The van der Waals surface area contributed by atoms with Gasteiger partial charge in [-0.1, -0.05) is 24.8 Å². The summed E-state index contributed by atoms with van der Waals surface area (Å²) in [5.41, 5.74) is 1.54. The first-order valence-corrected chi connectivity index (χ1v) is 9.98. The molecule has 3 aromatic heterocycles. The second-order valence-electron chi connectivity index (χ2n) is 6.32. The van der Waals surface area contributed by atoms with Crippen LogP contribution in [0.3, 0.4) is 0 Å². The quantitative estimate of drug-likeness (QED) is 0.491. The number of thioether (sulfide) groups is 1. The minimum absolute atomic E-state index is 0.123. The highest BCUT2D eigenvalue weighted by molar-refractivity contribution is 7.99. The Labute approximate surface area is 164 Å². The third kappa shape index (κ3) is 2.88. The molecule has 1 aliphatic rings. The van der Waals surface area contributed by atoms with E-state index in [0.717, 1.165) is 17.1 Å². The zero-order valence-electron chi connectivity index (χ0n) is 15.2. The smallest absolute Gasteiger partial charge is 0.261 e. The van der Waals surface area contributed by atoms with Gasteiger partial charge in [0.15, 0.2) is 11.5 Å². The highest BCUT2D eigenvalue weighted by atomic mass is 32.2. The van der Waals surface area contributed by atoms with Gasteiger partial charge in [0.1, 0.15) is 13.2 Å². The molecule has 5 rings (SSSR count). The van der Waals surface area contributed by atoms with Gasteiger partial charge in [0.25, 0.3) is 11.3 Å². The number of benzene rings is 1. The van der Waals surface area contributed by atoms with Gasteiger partial charge in [-0.15, -0.1) is 5.10 Å². The lowest BCUT2D eigenvalue weighted by Gasteiger charge is -2.19. The molecule has 0 bridgehead atoms. The first-order chi connectivity index (χ1) is 13.7. The molecule has 0 atom stereocenters. The van der Waals surface area contributed by atoms with E-state index in [0.29, 0.717) is 47.3 Å². The van der Waals surface area contributed by atoms with Crippen molar-refractivity contribution in [3.63, 3.8) is 0 Å². The SMILES string of the molecule is CCSc1nc2ncc3c(=O)n(Cc4ccc5c(c4)OCCO5)ccc3n2n1. The summed E-state index contributed by atoms with van der Waals surface area (Å²) in [5, 5.41) is 5.62. The molecule has 0 amide bonds. The van der Waals surface area contributed by atoms with Gasteiger partial charge in [0.05, 0.1) is 17.4 Å². The predicted molar refractivity (Wildman–Crippen MR) is 105 cm³/mol. The van der Waals surface area contributed by atoms with Gasteiger partial charge in [0, 0.05) is 12.4 Å². The summed E-state index contributed by atoms with van der Waals surface area (Å²) in [6.07, 6.45) is 3.34. The van der Waals surface area contributed by atoms with Crippen molar-refractivity contribution in [2.45, 2.75) is 18.6 Å². The zero-order valence-corrected chi connectivity index (χ0v) is 16.0. The maximum absolute atomic E-state index is 13.0. The van der Waals surface area contributed by atoms with E-state index in [9.17, 15) is 4.79 Å². The van der Waals surface area contributed by atoms with Crippen molar-refractivity contribution in [1.82, 2.24) is 24.1 Å². The van der Waals surface area contributed by atoms with E-state index in [1.54, 1.807) is 33.2 Å². The van der Waals surface area contributed by atoms with Crippen molar-refractivity contribution in [2.24, 2.45) is 0 Å². The van der Waals surface area contributed by atoms with Crippen molar-refractivity contribution in [2.75, 3.05) is 19.0 Å². The molecule has 0 aliphatic carbocycles. The van der Waals surface area contributed by atoms with Crippen LogP contribution in [-0.2, 0) is 6.54 Å². The fraction of sp³-hybridized carbons (Fsp3) is 0.263. The number of nitrogens with zero attached hydrogens (tertiary/aromatic N) is 5. The Bertz CT molecular complexity index is 1250. The molecule has 0 spiro atoms. The van der Waals surface area contributed by atoms with Crippen LogP contribution in [0.15, 0.2) is 46.6 Å². The highest BCUT2D eigenvalue weighted by Crippen LogP contribution is 2.30. The van der Waals surface area contributed by atoms with Crippen LogP contribution in [-0.4, -0.2) is 43.1 Å². The van der Waals surface area contributed by atoms with Crippen molar-refractivity contribution in [1.29, 1.82) is 0 Å². The third-order valence-corrected chi connectivity index (χ3v) is 5.24. The first kappa shape index (κ1) is 17.1. The standard InChI is InChI=1S/C19H17N5O3S/c1-2-28-19-21-18-20-10-13-14(24(18)22-19)5-6-23(17(13)25)11-12-3-4-15-16(9-12)27-8-7-26-15/h3-6,9-10H,2,7-8,11H2,1H3. The van der Waals surface area contributed by atoms with Crippen molar-refractivity contribution in [3.05, 3.63) is 52.6 Å². The summed E-state index contributed by atoms with van der Waals surface area (Å²) in [5.74, 6) is 2.81. The maximum Gasteiger partial charge on any atom is 0.261 e. The highest BCUT2D eigenvalue weighted by Gasteiger charge is 2.14. The summed E-state index contributed by atoms with van der Waals surface area (Å²) >= 11 is 1.54. The average Bonchev–Trinajstić information content (AvgIpc) is 3.13. The lowest BCUT2D eigenvalue weighted by atomic mass is 10.2. The first-order valence-electron chi connectivity index (χ1n) is 8.99. The van der Waals surface area contributed by atoms with Crippen LogP contribution in [0.5, 0.6) is 11.5 Å². The van der Waals surface area contributed by atoms with Gasteiger partial charge in [-0.05, 0) is 29.5 Å². The normalized spacial score (nSPS) is 13.3.